The Balaban J connectivity index is 1.98. The second-order valence-electron chi connectivity index (χ2n) is 3.98. The van der Waals surface area contributed by atoms with E-state index in [1.54, 1.807) is 17.8 Å². The average molecular weight is 245 g/mol. The molecular weight excluding hydrogens is 230 g/mol. The van der Waals surface area contributed by atoms with Crippen LogP contribution in [0.3, 0.4) is 0 Å². The van der Waals surface area contributed by atoms with Crippen LogP contribution in [0.25, 0.3) is 0 Å². The first kappa shape index (κ1) is 12.0. The molecule has 1 atom stereocenters. The molecule has 1 unspecified atom stereocenters. The fraction of sp³-hybridized carbons (Fsp3) is 0.214. The number of hydrogen-bond acceptors (Lipinski definition) is 2. The van der Waals surface area contributed by atoms with E-state index >= 15 is 0 Å². The van der Waals surface area contributed by atoms with Crippen molar-refractivity contribution in [1.82, 2.24) is 0 Å². The van der Waals surface area contributed by atoms with Gasteiger partial charge in [0, 0.05) is 17.4 Å². The van der Waals surface area contributed by atoms with E-state index in [2.05, 4.69) is 19.1 Å². The maximum atomic E-state index is 11.5. The molecule has 0 radical (unpaired) electrons. The van der Waals surface area contributed by atoms with Crippen LogP contribution in [0.15, 0.2) is 59.8 Å². The van der Waals surface area contributed by atoms with Crippen molar-refractivity contribution in [3.8, 4) is 0 Å². The van der Waals surface area contributed by atoms with Crippen molar-refractivity contribution in [2.24, 2.45) is 0 Å². The lowest BCUT2D eigenvalue weighted by atomic mass is 10.1. The van der Waals surface area contributed by atoms with E-state index in [0.29, 0.717) is 5.25 Å². The molecule has 2 aromatic rings. The third-order valence-corrected chi connectivity index (χ3v) is 3.60. The zero-order chi connectivity index (χ0) is 12.1. The SMILES string of the molecule is CC(Cc1ccccc1)Sc1cccc[n+]1[O-]. The van der Waals surface area contributed by atoms with Crippen molar-refractivity contribution in [2.45, 2.75) is 23.6 Å². The molecule has 0 fully saturated rings. The molecule has 0 aliphatic heterocycles. The fourth-order valence-electron chi connectivity index (χ4n) is 1.70. The molecule has 1 aromatic heterocycles. The van der Waals surface area contributed by atoms with Gasteiger partial charge in [-0.1, -0.05) is 49.0 Å². The van der Waals surface area contributed by atoms with E-state index in [1.165, 1.54) is 11.8 Å². The highest BCUT2D eigenvalue weighted by Gasteiger charge is 2.11. The minimum atomic E-state index is 0.389. The van der Waals surface area contributed by atoms with Gasteiger partial charge in [-0.3, -0.25) is 0 Å². The molecule has 17 heavy (non-hydrogen) atoms. The Kier molecular flexibility index (Phi) is 4.04. The van der Waals surface area contributed by atoms with Crippen molar-refractivity contribution >= 4 is 11.8 Å². The van der Waals surface area contributed by atoms with Gasteiger partial charge in [0.15, 0.2) is 6.20 Å². The minimum absolute atomic E-state index is 0.389. The Morgan fingerprint density at radius 1 is 1.12 bits per heavy atom. The highest BCUT2D eigenvalue weighted by Crippen LogP contribution is 2.22. The number of thioether (sulfide) groups is 1. The number of rotatable bonds is 4. The Labute approximate surface area is 106 Å². The van der Waals surface area contributed by atoms with Crippen LogP contribution >= 0.6 is 11.8 Å². The van der Waals surface area contributed by atoms with Crippen LogP contribution in [-0.4, -0.2) is 5.25 Å². The van der Waals surface area contributed by atoms with E-state index in [4.69, 9.17) is 0 Å². The Morgan fingerprint density at radius 2 is 1.82 bits per heavy atom. The molecule has 88 valence electrons. The summed E-state index contributed by atoms with van der Waals surface area (Å²) in [5, 5.41) is 12.7. The summed E-state index contributed by atoms with van der Waals surface area (Å²) in [5.41, 5.74) is 1.31. The first-order valence-electron chi connectivity index (χ1n) is 5.64. The summed E-state index contributed by atoms with van der Waals surface area (Å²) in [6, 6.07) is 15.8. The molecule has 0 N–H and O–H groups in total. The van der Waals surface area contributed by atoms with E-state index in [0.717, 1.165) is 16.2 Å². The summed E-state index contributed by atoms with van der Waals surface area (Å²) in [6.07, 6.45) is 2.51. The summed E-state index contributed by atoms with van der Waals surface area (Å²) in [5.74, 6) is 0. The highest BCUT2D eigenvalue weighted by atomic mass is 32.2. The molecule has 0 spiro atoms. The van der Waals surface area contributed by atoms with Gasteiger partial charge in [-0.2, -0.15) is 4.73 Å². The predicted molar refractivity (Wildman–Crippen MR) is 70.9 cm³/mol. The summed E-state index contributed by atoms with van der Waals surface area (Å²) in [6.45, 7) is 2.14. The largest absolute Gasteiger partial charge is 0.618 e. The predicted octanol–water partition coefficient (Wildman–Crippen LogP) is 3.04. The molecule has 0 aliphatic rings. The Morgan fingerprint density at radius 3 is 2.53 bits per heavy atom. The quantitative estimate of drug-likeness (QED) is 0.470. The molecule has 1 aromatic carbocycles. The van der Waals surface area contributed by atoms with Crippen LogP contribution in [0.4, 0.5) is 0 Å². The van der Waals surface area contributed by atoms with Crippen LogP contribution in [0.2, 0.25) is 0 Å². The lowest BCUT2D eigenvalue weighted by molar-refractivity contribution is -0.645. The molecular formula is C14H15NOS. The second kappa shape index (κ2) is 5.73. The third-order valence-electron chi connectivity index (χ3n) is 2.48. The Hall–Kier alpha value is -1.48. The summed E-state index contributed by atoms with van der Waals surface area (Å²) >= 11 is 1.62. The van der Waals surface area contributed by atoms with E-state index in [1.807, 2.05) is 30.3 Å². The first-order chi connectivity index (χ1) is 8.25. The number of pyridine rings is 1. The van der Waals surface area contributed by atoms with Crippen molar-refractivity contribution < 1.29 is 4.73 Å². The van der Waals surface area contributed by atoms with Gasteiger partial charge in [-0.25, -0.2) is 0 Å². The van der Waals surface area contributed by atoms with Gasteiger partial charge in [-0.05, 0) is 18.1 Å². The summed E-state index contributed by atoms with van der Waals surface area (Å²) in [4.78, 5) is 0. The Bertz CT molecular complexity index is 473. The molecule has 0 saturated carbocycles. The molecule has 1 heterocycles. The fourth-order valence-corrected chi connectivity index (χ4v) is 2.71. The second-order valence-corrected chi connectivity index (χ2v) is 5.44. The van der Waals surface area contributed by atoms with Crippen molar-refractivity contribution in [3.63, 3.8) is 0 Å². The van der Waals surface area contributed by atoms with Gasteiger partial charge < -0.3 is 5.21 Å². The van der Waals surface area contributed by atoms with E-state index < -0.39 is 0 Å². The zero-order valence-corrected chi connectivity index (χ0v) is 10.6. The number of nitrogens with zero attached hydrogens (tertiary/aromatic N) is 1. The molecule has 0 amide bonds. The number of benzene rings is 1. The van der Waals surface area contributed by atoms with Gasteiger partial charge >= 0.3 is 0 Å². The van der Waals surface area contributed by atoms with Crippen LogP contribution in [0.5, 0.6) is 0 Å². The van der Waals surface area contributed by atoms with Gasteiger partial charge in [0.2, 0.25) is 0 Å². The lowest BCUT2D eigenvalue weighted by Gasteiger charge is -2.10. The number of hydrogen-bond donors (Lipinski definition) is 0. The first-order valence-corrected chi connectivity index (χ1v) is 6.52. The van der Waals surface area contributed by atoms with E-state index in [9.17, 15) is 5.21 Å². The van der Waals surface area contributed by atoms with Gasteiger partial charge in [0.05, 0.1) is 0 Å². The van der Waals surface area contributed by atoms with Crippen molar-refractivity contribution in [2.75, 3.05) is 0 Å². The topological polar surface area (TPSA) is 26.9 Å². The molecule has 0 bridgehead atoms. The van der Waals surface area contributed by atoms with Crippen LogP contribution in [0.1, 0.15) is 12.5 Å². The molecule has 2 rings (SSSR count). The highest BCUT2D eigenvalue weighted by molar-refractivity contribution is 7.99. The molecule has 0 saturated heterocycles. The summed E-state index contributed by atoms with van der Waals surface area (Å²) < 4.78 is 0.923. The van der Waals surface area contributed by atoms with E-state index in [-0.39, 0.29) is 0 Å². The number of aromatic nitrogens is 1. The van der Waals surface area contributed by atoms with Crippen LogP contribution in [-0.2, 0) is 6.42 Å². The maximum Gasteiger partial charge on any atom is 0.251 e. The van der Waals surface area contributed by atoms with Gasteiger partial charge in [0.1, 0.15) is 0 Å². The van der Waals surface area contributed by atoms with Crippen LogP contribution in [0, 0.1) is 5.21 Å². The van der Waals surface area contributed by atoms with Gasteiger partial charge in [0.25, 0.3) is 5.03 Å². The molecule has 0 aliphatic carbocycles. The smallest absolute Gasteiger partial charge is 0.251 e. The monoisotopic (exact) mass is 245 g/mol. The molecule has 3 heteroatoms. The minimum Gasteiger partial charge on any atom is -0.618 e. The lowest BCUT2D eigenvalue weighted by Crippen LogP contribution is -2.28. The maximum absolute atomic E-state index is 11.5. The van der Waals surface area contributed by atoms with Crippen molar-refractivity contribution in [1.29, 1.82) is 0 Å². The normalized spacial score (nSPS) is 12.3. The zero-order valence-electron chi connectivity index (χ0n) is 9.74. The van der Waals surface area contributed by atoms with Crippen LogP contribution < -0.4 is 4.73 Å². The third kappa shape index (κ3) is 3.49. The van der Waals surface area contributed by atoms with Gasteiger partial charge in [-0.15, -0.1) is 0 Å². The average Bonchev–Trinajstić information content (AvgIpc) is 2.33. The standard InChI is InChI=1S/C14H15NOS/c1-12(11-13-7-3-2-4-8-13)17-14-9-5-6-10-15(14)16/h2-10,12H,11H2,1H3. The summed E-state index contributed by atoms with van der Waals surface area (Å²) in [7, 11) is 0. The van der Waals surface area contributed by atoms with Crippen molar-refractivity contribution in [3.05, 3.63) is 65.5 Å². The molecule has 2 nitrogen and oxygen atoms in total.